The quantitative estimate of drug-likeness (QED) is 0.839. The van der Waals surface area contributed by atoms with Gasteiger partial charge in [0.15, 0.2) is 0 Å². The minimum Gasteiger partial charge on any atom is -0.330 e. The van der Waals surface area contributed by atoms with Crippen molar-refractivity contribution in [3.63, 3.8) is 0 Å². The van der Waals surface area contributed by atoms with E-state index in [1.807, 2.05) is 12.4 Å². The molecule has 2 rings (SSSR count). The Morgan fingerprint density at radius 2 is 1.89 bits per heavy atom. The lowest BCUT2D eigenvalue weighted by Gasteiger charge is -2.34. The number of pyridine rings is 1. The fraction of sp³-hybridized carbons (Fsp3) is 0.643. The SMILES string of the molecule is Cc1cncc(CN2CCN(CCCN)CC2)c1. The second-order valence-corrected chi connectivity index (χ2v) is 5.13. The normalized spacial score (nSPS) is 18.1. The van der Waals surface area contributed by atoms with Crippen molar-refractivity contribution < 1.29 is 0 Å². The molecule has 1 fully saturated rings. The van der Waals surface area contributed by atoms with Gasteiger partial charge in [0.1, 0.15) is 0 Å². The molecular formula is C14H24N4. The highest BCUT2D eigenvalue weighted by Gasteiger charge is 2.16. The third-order valence-corrected chi connectivity index (χ3v) is 3.48. The summed E-state index contributed by atoms with van der Waals surface area (Å²) in [5, 5.41) is 0. The minimum absolute atomic E-state index is 0.801. The van der Waals surface area contributed by atoms with E-state index in [2.05, 4.69) is 27.8 Å². The van der Waals surface area contributed by atoms with Gasteiger partial charge in [-0.2, -0.15) is 0 Å². The van der Waals surface area contributed by atoms with Gasteiger partial charge in [0.05, 0.1) is 0 Å². The Kier molecular flexibility index (Phi) is 5.11. The summed E-state index contributed by atoms with van der Waals surface area (Å²) in [5.74, 6) is 0. The summed E-state index contributed by atoms with van der Waals surface area (Å²) in [7, 11) is 0. The van der Waals surface area contributed by atoms with Crippen LogP contribution in [0.2, 0.25) is 0 Å². The molecule has 0 bridgehead atoms. The Bertz CT molecular complexity index is 359. The third kappa shape index (κ3) is 4.05. The second kappa shape index (κ2) is 6.83. The van der Waals surface area contributed by atoms with Crippen LogP contribution in [-0.4, -0.2) is 54.1 Å². The van der Waals surface area contributed by atoms with E-state index in [1.54, 1.807) is 0 Å². The van der Waals surface area contributed by atoms with Gasteiger partial charge in [0, 0.05) is 45.1 Å². The molecule has 2 N–H and O–H groups in total. The van der Waals surface area contributed by atoms with Crippen molar-refractivity contribution in [3.05, 3.63) is 29.6 Å². The first-order valence-corrected chi connectivity index (χ1v) is 6.83. The van der Waals surface area contributed by atoms with Crippen LogP contribution in [0.1, 0.15) is 17.5 Å². The highest BCUT2D eigenvalue weighted by atomic mass is 15.3. The zero-order chi connectivity index (χ0) is 12.8. The van der Waals surface area contributed by atoms with Crippen LogP contribution in [0.4, 0.5) is 0 Å². The van der Waals surface area contributed by atoms with Crippen molar-refractivity contribution in [2.75, 3.05) is 39.3 Å². The van der Waals surface area contributed by atoms with Crippen LogP contribution in [0.25, 0.3) is 0 Å². The molecule has 1 aliphatic rings. The second-order valence-electron chi connectivity index (χ2n) is 5.13. The predicted octanol–water partition coefficient (Wildman–Crippen LogP) is 0.856. The van der Waals surface area contributed by atoms with Crippen molar-refractivity contribution in [1.82, 2.24) is 14.8 Å². The van der Waals surface area contributed by atoms with E-state index in [0.717, 1.165) is 39.1 Å². The summed E-state index contributed by atoms with van der Waals surface area (Å²) in [6, 6.07) is 2.23. The van der Waals surface area contributed by atoms with Crippen molar-refractivity contribution in [1.29, 1.82) is 0 Å². The van der Waals surface area contributed by atoms with Crippen LogP contribution in [0.15, 0.2) is 18.5 Å². The zero-order valence-corrected chi connectivity index (χ0v) is 11.3. The zero-order valence-electron chi connectivity index (χ0n) is 11.3. The molecule has 18 heavy (non-hydrogen) atoms. The molecule has 0 radical (unpaired) electrons. The Balaban J connectivity index is 1.76. The number of hydrogen-bond donors (Lipinski definition) is 1. The maximum atomic E-state index is 5.55. The van der Waals surface area contributed by atoms with Crippen molar-refractivity contribution in [3.8, 4) is 0 Å². The lowest BCUT2D eigenvalue weighted by atomic mass is 10.2. The molecular weight excluding hydrogens is 224 g/mol. The van der Waals surface area contributed by atoms with Gasteiger partial charge < -0.3 is 10.6 Å². The molecule has 4 heteroatoms. The first-order valence-electron chi connectivity index (χ1n) is 6.83. The molecule has 0 atom stereocenters. The number of nitrogens with zero attached hydrogens (tertiary/aromatic N) is 3. The van der Waals surface area contributed by atoms with E-state index >= 15 is 0 Å². The molecule has 1 saturated heterocycles. The predicted molar refractivity (Wildman–Crippen MR) is 74.4 cm³/mol. The lowest BCUT2D eigenvalue weighted by Crippen LogP contribution is -2.46. The smallest absolute Gasteiger partial charge is 0.0313 e. The first-order chi connectivity index (χ1) is 8.78. The van der Waals surface area contributed by atoms with E-state index < -0.39 is 0 Å². The average molecular weight is 248 g/mol. The number of aromatic nitrogens is 1. The van der Waals surface area contributed by atoms with Gasteiger partial charge in [-0.05, 0) is 37.6 Å². The van der Waals surface area contributed by atoms with Gasteiger partial charge in [-0.1, -0.05) is 6.07 Å². The molecule has 100 valence electrons. The van der Waals surface area contributed by atoms with Crippen LogP contribution < -0.4 is 5.73 Å². The number of aryl methyl sites for hydroxylation is 1. The molecule has 0 aliphatic carbocycles. The van der Waals surface area contributed by atoms with Crippen molar-refractivity contribution >= 4 is 0 Å². The molecule has 4 nitrogen and oxygen atoms in total. The Morgan fingerprint density at radius 3 is 2.56 bits per heavy atom. The molecule has 1 aromatic heterocycles. The van der Waals surface area contributed by atoms with Gasteiger partial charge >= 0.3 is 0 Å². The van der Waals surface area contributed by atoms with Crippen LogP contribution >= 0.6 is 0 Å². The summed E-state index contributed by atoms with van der Waals surface area (Å²) >= 11 is 0. The number of hydrogen-bond acceptors (Lipinski definition) is 4. The largest absolute Gasteiger partial charge is 0.330 e. The molecule has 2 heterocycles. The van der Waals surface area contributed by atoms with Crippen molar-refractivity contribution in [2.45, 2.75) is 19.9 Å². The first kappa shape index (κ1) is 13.5. The van der Waals surface area contributed by atoms with E-state index in [1.165, 1.54) is 24.2 Å². The van der Waals surface area contributed by atoms with E-state index in [0.29, 0.717) is 0 Å². The minimum atomic E-state index is 0.801. The molecule has 1 aromatic rings. The van der Waals surface area contributed by atoms with Crippen LogP contribution in [-0.2, 0) is 6.54 Å². The Morgan fingerprint density at radius 1 is 1.17 bits per heavy atom. The molecule has 0 spiro atoms. The molecule has 0 saturated carbocycles. The number of rotatable bonds is 5. The van der Waals surface area contributed by atoms with Crippen LogP contribution in [0.3, 0.4) is 0 Å². The summed E-state index contributed by atoms with van der Waals surface area (Å²) in [4.78, 5) is 9.28. The van der Waals surface area contributed by atoms with Crippen LogP contribution in [0, 0.1) is 6.92 Å². The maximum Gasteiger partial charge on any atom is 0.0313 e. The van der Waals surface area contributed by atoms with Gasteiger partial charge in [-0.15, -0.1) is 0 Å². The highest BCUT2D eigenvalue weighted by Crippen LogP contribution is 2.09. The molecule has 0 unspecified atom stereocenters. The van der Waals surface area contributed by atoms with Crippen LogP contribution in [0.5, 0.6) is 0 Å². The fourth-order valence-electron chi connectivity index (χ4n) is 2.45. The average Bonchev–Trinajstić information content (AvgIpc) is 2.38. The standard InChI is InChI=1S/C14H24N4/c1-13-9-14(11-16-10-13)12-18-7-5-17(6-8-18)4-2-3-15/h9-11H,2-8,12,15H2,1H3. The van der Waals surface area contributed by atoms with Crippen molar-refractivity contribution in [2.24, 2.45) is 5.73 Å². The molecule has 0 amide bonds. The van der Waals surface area contributed by atoms with E-state index in [-0.39, 0.29) is 0 Å². The number of piperazine rings is 1. The monoisotopic (exact) mass is 248 g/mol. The summed E-state index contributed by atoms with van der Waals surface area (Å²) in [6.45, 7) is 9.71. The Hall–Kier alpha value is -0.970. The van der Waals surface area contributed by atoms with Gasteiger partial charge in [0.2, 0.25) is 0 Å². The topological polar surface area (TPSA) is 45.4 Å². The van der Waals surface area contributed by atoms with E-state index in [9.17, 15) is 0 Å². The summed E-state index contributed by atoms with van der Waals surface area (Å²) in [5.41, 5.74) is 8.11. The number of nitrogens with two attached hydrogens (primary N) is 1. The van der Waals surface area contributed by atoms with Gasteiger partial charge in [-0.3, -0.25) is 9.88 Å². The van der Waals surface area contributed by atoms with Gasteiger partial charge in [-0.25, -0.2) is 0 Å². The molecule has 0 aromatic carbocycles. The Labute approximate surface area is 110 Å². The van der Waals surface area contributed by atoms with Gasteiger partial charge in [0.25, 0.3) is 0 Å². The highest BCUT2D eigenvalue weighted by molar-refractivity contribution is 5.16. The maximum absolute atomic E-state index is 5.55. The summed E-state index contributed by atoms with van der Waals surface area (Å²) in [6.07, 6.45) is 5.00. The third-order valence-electron chi connectivity index (χ3n) is 3.48. The summed E-state index contributed by atoms with van der Waals surface area (Å²) < 4.78 is 0. The molecule has 1 aliphatic heterocycles. The fourth-order valence-corrected chi connectivity index (χ4v) is 2.45. The van der Waals surface area contributed by atoms with E-state index in [4.69, 9.17) is 5.73 Å². The lowest BCUT2D eigenvalue weighted by molar-refractivity contribution is 0.126.